The molecule has 1 aromatic carbocycles. The Kier molecular flexibility index (Phi) is 1.30. The maximum absolute atomic E-state index is 11.3. The van der Waals surface area contributed by atoms with Crippen LogP contribution in [0.2, 0.25) is 0 Å². The number of hydrogen-bond donors (Lipinski definition) is 0. The number of hydrogen-bond acceptors (Lipinski definition) is 2. The largest absolute Gasteiger partial charge is 0.441 e. The van der Waals surface area contributed by atoms with Gasteiger partial charge in [0.05, 0.1) is 6.92 Å². The van der Waals surface area contributed by atoms with E-state index in [4.69, 9.17) is 0 Å². The third-order valence-electron chi connectivity index (χ3n) is 2.04. The van der Waals surface area contributed by atoms with E-state index in [-0.39, 0.29) is 0 Å². The van der Waals surface area contributed by atoms with E-state index in [9.17, 15) is 9.81 Å². The molecular formula is C8H8N2O2+2. The molecular weight excluding hydrogens is 156 g/mol. The number of benzene rings is 1. The molecule has 1 aliphatic heterocycles. The number of para-hydroxylation sites is 2. The monoisotopic (exact) mass is 164 g/mol. The molecule has 12 heavy (non-hydrogen) atoms. The van der Waals surface area contributed by atoms with E-state index < -0.39 is 6.17 Å². The number of fused-ring (bicyclic) bond motifs is 1. The fourth-order valence-electron chi connectivity index (χ4n) is 1.33. The first-order valence-electron chi connectivity index (χ1n) is 3.73. The molecule has 0 radical (unpaired) electrons. The molecule has 60 valence electrons. The molecule has 0 unspecified atom stereocenters. The summed E-state index contributed by atoms with van der Waals surface area (Å²) in [6.45, 7) is 1.58. The number of rotatable bonds is 0. The number of nitrogens with zero attached hydrogens (tertiary/aromatic N) is 2. The van der Waals surface area contributed by atoms with E-state index >= 15 is 0 Å². The molecule has 0 atom stereocenters. The summed E-state index contributed by atoms with van der Waals surface area (Å²) in [5, 5.41) is 0. The third kappa shape index (κ3) is 0.717. The van der Waals surface area contributed by atoms with Crippen molar-refractivity contribution >= 4 is 11.4 Å². The van der Waals surface area contributed by atoms with Gasteiger partial charge in [0.15, 0.2) is 0 Å². The Morgan fingerprint density at radius 3 is 1.92 bits per heavy atom. The zero-order valence-electron chi connectivity index (χ0n) is 6.60. The van der Waals surface area contributed by atoms with E-state index in [1.165, 1.54) is 0 Å². The minimum absolute atomic E-state index is 0.458. The molecule has 1 aliphatic rings. The van der Waals surface area contributed by atoms with Crippen LogP contribution >= 0.6 is 0 Å². The Morgan fingerprint density at radius 2 is 1.50 bits per heavy atom. The van der Waals surface area contributed by atoms with Crippen molar-refractivity contribution in [3.05, 3.63) is 34.1 Å². The van der Waals surface area contributed by atoms with Gasteiger partial charge in [0.1, 0.15) is 9.52 Å². The van der Waals surface area contributed by atoms with Crippen LogP contribution in [0.5, 0.6) is 0 Å². The van der Waals surface area contributed by atoms with Gasteiger partial charge < -0.3 is 0 Å². The molecule has 0 aliphatic carbocycles. The van der Waals surface area contributed by atoms with Crippen LogP contribution in [0.1, 0.15) is 6.92 Å². The Bertz CT molecular complexity index is 338. The van der Waals surface area contributed by atoms with Gasteiger partial charge in [0.2, 0.25) is 0 Å². The van der Waals surface area contributed by atoms with Gasteiger partial charge >= 0.3 is 17.5 Å². The van der Waals surface area contributed by atoms with Crippen molar-refractivity contribution in [2.24, 2.45) is 0 Å². The van der Waals surface area contributed by atoms with Crippen LogP contribution in [0.3, 0.4) is 0 Å². The van der Waals surface area contributed by atoms with E-state index in [1.54, 1.807) is 31.2 Å². The van der Waals surface area contributed by atoms with Crippen LogP contribution in [0.15, 0.2) is 24.3 Å². The summed E-state index contributed by atoms with van der Waals surface area (Å²) in [5.41, 5.74) is 0.917. The van der Waals surface area contributed by atoms with Crippen LogP contribution in [0.25, 0.3) is 0 Å². The summed E-state index contributed by atoms with van der Waals surface area (Å²) in [6, 6.07) is 6.79. The average Bonchev–Trinajstić information content (AvgIpc) is 2.33. The second-order valence-corrected chi connectivity index (χ2v) is 2.77. The summed E-state index contributed by atoms with van der Waals surface area (Å²) in [4.78, 5) is 22.6. The second kappa shape index (κ2) is 2.20. The minimum Gasteiger partial charge on any atom is -0.0550 e. The lowest BCUT2D eigenvalue weighted by Gasteiger charge is -1.77. The highest BCUT2D eigenvalue weighted by molar-refractivity contribution is 5.52. The van der Waals surface area contributed by atoms with Gasteiger partial charge in [-0.05, 0) is 0 Å². The predicted octanol–water partition coefficient (Wildman–Crippen LogP) is 1.87. The molecule has 0 saturated heterocycles. The highest BCUT2D eigenvalue weighted by atomic mass is 16.3. The summed E-state index contributed by atoms with van der Waals surface area (Å²) >= 11 is 0. The van der Waals surface area contributed by atoms with E-state index in [0.29, 0.717) is 11.4 Å². The van der Waals surface area contributed by atoms with Crippen molar-refractivity contribution < 1.29 is 9.52 Å². The molecule has 1 heterocycles. The average molecular weight is 164 g/mol. The maximum Gasteiger partial charge on any atom is 0.441 e. The smallest absolute Gasteiger partial charge is 0.0550 e. The first kappa shape index (κ1) is 7.09. The van der Waals surface area contributed by atoms with Crippen molar-refractivity contribution in [3.63, 3.8) is 0 Å². The van der Waals surface area contributed by atoms with E-state index in [1.807, 2.05) is 0 Å². The lowest BCUT2D eigenvalue weighted by atomic mass is 10.3. The fourth-order valence-corrected chi connectivity index (χ4v) is 1.33. The van der Waals surface area contributed by atoms with Crippen molar-refractivity contribution in [2.75, 3.05) is 0 Å². The minimum atomic E-state index is -0.637. The predicted molar refractivity (Wildman–Crippen MR) is 42.5 cm³/mol. The van der Waals surface area contributed by atoms with Gasteiger partial charge in [-0.1, -0.05) is 12.1 Å². The van der Waals surface area contributed by atoms with Gasteiger partial charge in [-0.3, -0.25) is 0 Å². The zero-order chi connectivity index (χ0) is 8.72. The summed E-state index contributed by atoms with van der Waals surface area (Å²) < 4.78 is 1.45. The molecule has 0 aromatic heterocycles. The molecule has 0 bridgehead atoms. The SMILES string of the molecule is CC1[N+](=O)c2ccccc2[N+]1=O. The van der Waals surface area contributed by atoms with Gasteiger partial charge in [0.25, 0.3) is 0 Å². The molecule has 0 amide bonds. The van der Waals surface area contributed by atoms with Crippen LogP contribution in [-0.2, 0) is 0 Å². The standard InChI is InChI=1S/C8H8N2O2/c1-6-9(11)7-4-2-3-5-8(7)10(6)12/h2-6H,1H3/q+2. The van der Waals surface area contributed by atoms with Crippen molar-refractivity contribution in [3.8, 4) is 0 Å². The van der Waals surface area contributed by atoms with Gasteiger partial charge in [-0.2, -0.15) is 0 Å². The fraction of sp³-hybridized carbons (Fsp3) is 0.250. The summed E-state index contributed by atoms with van der Waals surface area (Å²) in [7, 11) is 0. The van der Waals surface area contributed by atoms with Crippen molar-refractivity contribution in [2.45, 2.75) is 13.1 Å². The molecule has 0 spiro atoms. The number of nitroso groups, excluding NO2 is 2. The van der Waals surface area contributed by atoms with E-state index in [0.717, 1.165) is 9.52 Å². The highest BCUT2D eigenvalue weighted by Gasteiger charge is 2.51. The molecule has 1 aromatic rings. The quantitative estimate of drug-likeness (QED) is 0.549. The first-order chi connectivity index (χ1) is 5.72. The van der Waals surface area contributed by atoms with Crippen LogP contribution in [0.4, 0.5) is 11.4 Å². The highest BCUT2D eigenvalue weighted by Crippen LogP contribution is 2.34. The summed E-state index contributed by atoms with van der Waals surface area (Å²) in [6.07, 6.45) is -0.637. The Labute approximate surface area is 69.0 Å². The molecule has 4 heteroatoms. The Hall–Kier alpha value is -1.58. The third-order valence-corrected chi connectivity index (χ3v) is 2.04. The zero-order valence-corrected chi connectivity index (χ0v) is 6.60. The Morgan fingerprint density at radius 1 is 1.08 bits per heavy atom. The molecule has 0 fully saturated rings. The molecule has 2 rings (SSSR count). The van der Waals surface area contributed by atoms with E-state index in [2.05, 4.69) is 0 Å². The van der Waals surface area contributed by atoms with Crippen LogP contribution < -0.4 is 0 Å². The Balaban J connectivity index is 2.67. The topological polar surface area (TPSA) is 40.2 Å². The van der Waals surface area contributed by atoms with Crippen molar-refractivity contribution in [1.82, 2.24) is 0 Å². The van der Waals surface area contributed by atoms with Crippen LogP contribution in [-0.4, -0.2) is 15.7 Å². The molecule has 0 N–H and O–H groups in total. The maximum atomic E-state index is 11.3. The summed E-state index contributed by atoms with van der Waals surface area (Å²) in [5.74, 6) is 0. The second-order valence-electron chi connectivity index (χ2n) is 2.77. The molecule has 0 saturated carbocycles. The lowest BCUT2D eigenvalue weighted by Crippen LogP contribution is -2.18. The molecule has 4 nitrogen and oxygen atoms in total. The first-order valence-corrected chi connectivity index (χ1v) is 3.73. The normalized spacial score (nSPS) is 16.8. The van der Waals surface area contributed by atoms with Gasteiger partial charge in [-0.15, -0.1) is 0 Å². The van der Waals surface area contributed by atoms with Crippen molar-refractivity contribution in [1.29, 1.82) is 0 Å². The van der Waals surface area contributed by atoms with Gasteiger partial charge in [0, 0.05) is 21.9 Å². The van der Waals surface area contributed by atoms with Gasteiger partial charge in [-0.25, -0.2) is 0 Å². The van der Waals surface area contributed by atoms with Crippen LogP contribution in [0, 0.1) is 9.81 Å². The lowest BCUT2D eigenvalue weighted by molar-refractivity contribution is -0.690.